The predicted octanol–water partition coefficient (Wildman–Crippen LogP) is 0.972. The summed E-state index contributed by atoms with van der Waals surface area (Å²) in [5, 5.41) is 0. The maximum atomic E-state index is 12.1. The van der Waals surface area contributed by atoms with E-state index in [1.54, 1.807) is 32.2 Å². The van der Waals surface area contributed by atoms with Crippen LogP contribution in [-0.2, 0) is 23.7 Å². The first-order valence-corrected chi connectivity index (χ1v) is 7.61. The predicted molar refractivity (Wildman–Crippen MR) is 77.6 cm³/mol. The van der Waals surface area contributed by atoms with Gasteiger partial charge in [0.05, 0.1) is 24.7 Å². The Bertz CT molecular complexity index is 575. The molecule has 7 heteroatoms. The van der Waals surface area contributed by atoms with Gasteiger partial charge in [0.25, 0.3) is 0 Å². The molecule has 23 heavy (non-hydrogen) atoms. The van der Waals surface area contributed by atoms with Crippen LogP contribution in [-0.4, -0.2) is 54.6 Å². The molecule has 0 N–H and O–H groups in total. The van der Waals surface area contributed by atoms with Gasteiger partial charge in [0.15, 0.2) is 12.2 Å². The van der Waals surface area contributed by atoms with Crippen molar-refractivity contribution in [3.05, 3.63) is 30.1 Å². The fourth-order valence-electron chi connectivity index (χ4n) is 2.61. The Balaban J connectivity index is 1.59. The lowest BCUT2D eigenvalue weighted by molar-refractivity contribution is -0.157. The second kappa shape index (κ2) is 6.64. The van der Waals surface area contributed by atoms with Gasteiger partial charge in [0.2, 0.25) is 0 Å². The van der Waals surface area contributed by atoms with Gasteiger partial charge in [-0.1, -0.05) is 13.8 Å². The van der Waals surface area contributed by atoms with E-state index in [-0.39, 0.29) is 25.1 Å². The van der Waals surface area contributed by atoms with Crippen LogP contribution >= 0.6 is 0 Å². The molecule has 3 heterocycles. The van der Waals surface area contributed by atoms with Crippen LogP contribution in [0, 0.1) is 5.92 Å². The summed E-state index contributed by atoms with van der Waals surface area (Å²) >= 11 is 0. The lowest BCUT2D eigenvalue weighted by Crippen LogP contribution is -2.36. The van der Waals surface area contributed by atoms with Crippen LogP contribution in [0.5, 0.6) is 0 Å². The summed E-state index contributed by atoms with van der Waals surface area (Å²) < 4.78 is 22.1. The molecule has 0 saturated carbocycles. The molecule has 2 aliphatic rings. The van der Waals surface area contributed by atoms with E-state index in [0.29, 0.717) is 5.56 Å². The zero-order valence-electron chi connectivity index (χ0n) is 13.0. The highest BCUT2D eigenvalue weighted by atomic mass is 16.7. The number of aromatic nitrogens is 1. The first-order chi connectivity index (χ1) is 11.1. The maximum absolute atomic E-state index is 12.1. The minimum atomic E-state index is -0.518. The second-order valence-electron chi connectivity index (χ2n) is 5.91. The first-order valence-electron chi connectivity index (χ1n) is 7.61. The monoisotopic (exact) mass is 321 g/mol. The van der Waals surface area contributed by atoms with E-state index >= 15 is 0 Å². The Morgan fingerprint density at radius 2 is 1.83 bits per heavy atom. The molecule has 0 aliphatic carbocycles. The van der Waals surface area contributed by atoms with Crippen LogP contribution in [0.25, 0.3) is 0 Å². The third-order valence-corrected chi connectivity index (χ3v) is 3.86. The standard InChI is InChI=1S/C16H19NO6/c1-9(2)15(18)22-11-7-20-14-12(8-21-13(11)14)23-16(19)10-4-3-5-17-6-10/h3-6,9,11-14H,7-8H2,1-2H3/t11-,12+,13+,14+/m0/s1. The molecule has 7 nitrogen and oxygen atoms in total. The summed E-state index contributed by atoms with van der Waals surface area (Å²) in [6.45, 7) is 4.00. The normalized spacial score (nSPS) is 29.3. The zero-order valence-corrected chi connectivity index (χ0v) is 13.0. The Kier molecular flexibility index (Phi) is 4.58. The third-order valence-electron chi connectivity index (χ3n) is 3.86. The maximum Gasteiger partial charge on any atom is 0.340 e. The average molecular weight is 321 g/mol. The summed E-state index contributed by atoms with van der Waals surface area (Å²) in [5.74, 6) is -0.980. The van der Waals surface area contributed by atoms with Crippen LogP contribution in [0.1, 0.15) is 24.2 Å². The molecule has 0 radical (unpaired) electrons. The van der Waals surface area contributed by atoms with Crippen LogP contribution in [0.15, 0.2) is 24.5 Å². The van der Waals surface area contributed by atoms with Crippen molar-refractivity contribution in [2.45, 2.75) is 38.3 Å². The number of hydrogen-bond donors (Lipinski definition) is 0. The van der Waals surface area contributed by atoms with E-state index in [1.165, 1.54) is 6.20 Å². The van der Waals surface area contributed by atoms with Gasteiger partial charge in [0.1, 0.15) is 12.2 Å². The first kappa shape index (κ1) is 15.9. The molecular formula is C16H19NO6. The van der Waals surface area contributed by atoms with Crippen molar-refractivity contribution in [3.8, 4) is 0 Å². The minimum absolute atomic E-state index is 0.213. The third kappa shape index (κ3) is 3.35. The Morgan fingerprint density at radius 1 is 1.17 bits per heavy atom. The molecule has 4 atom stereocenters. The average Bonchev–Trinajstić information content (AvgIpc) is 3.12. The quantitative estimate of drug-likeness (QED) is 0.764. The van der Waals surface area contributed by atoms with Crippen molar-refractivity contribution in [2.75, 3.05) is 13.2 Å². The number of pyridine rings is 1. The van der Waals surface area contributed by atoms with Crippen molar-refractivity contribution in [1.82, 2.24) is 4.98 Å². The molecule has 2 saturated heterocycles. The van der Waals surface area contributed by atoms with Gasteiger partial charge in [-0.25, -0.2) is 4.79 Å². The number of rotatable bonds is 4. The van der Waals surface area contributed by atoms with Crippen LogP contribution in [0.4, 0.5) is 0 Å². The van der Waals surface area contributed by atoms with Crippen molar-refractivity contribution in [1.29, 1.82) is 0 Å². The van der Waals surface area contributed by atoms with Crippen molar-refractivity contribution < 1.29 is 28.5 Å². The number of esters is 2. The molecule has 0 bridgehead atoms. The van der Waals surface area contributed by atoms with Crippen molar-refractivity contribution in [3.63, 3.8) is 0 Å². The second-order valence-corrected chi connectivity index (χ2v) is 5.91. The van der Waals surface area contributed by atoms with Gasteiger partial charge in [-0.2, -0.15) is 0 Å². The summed E-state index contributed by atoms with van der Waals surface area (Å²) in [6, 6.07) is 3.30. The smallest absolute Gasteiger partial charge is 0.340 e. The molecule has 3 rings (SSSR count). The molecule has 1 aromatic rings. The lowest BCUT2D eigenvalue weighted by atomic mass is 10.1. The highest BCUT2D eigenvalue weighted by molar-refractivity contribution is 5.89. The fraction of sp³-hybridized carbons (Fsp3) is 0.562. The van der Waals surface area contributed by atoms with Crippen molar-refractivity contribution in [2.24, 2.45) is 5.92 Å². The lowest BCUT2D eigenvalue weighted by Gasteiger charge is -2.18. The fourth-order valence-corrected chi connectivity index (χ4v) is 2.61. The van der Waals surface area contributed by atoms with E-state index in [9.17, 15) is 9.59 Å². The Morgan fingerprint density at radius 3 is 2.39 bits per heavy atom. The van der Waals surface area contributed by atoms with Gasteiger partial charge in [0, 0.05) is 12.4 Å². The number of carbonyl (C=O) groups excluding carboxylic acids is 2. The number of nitrogens with zero attached hydrogens (tertiary/aromatic N) is 1. The molecule has 0 amide bonds. The largest absolute Gasteiger partial charge is 0.457 e. The van der Waals surface area contributed by atoms with Gasteiger partial charge >= 0.3 is 11.9 Å². The molecule has 2 aliphatic heterocycles. The number of carbonyl (C=O) groups is 2. The van der Waals surface area contributed by atoms with Crippen LogP contribution in [0.2, 0.25) is 0 Å². The van der Waals surface area contributed by atoms with Gasteiger partial charge in [-0.3, -0.25) is 9.78 Å². The number of fused-ring (bicyclic) bond motifs is 1. The molecule has 0 spiro atoms. The van der Waals surface area contributed by atoms with Gasteiger partial charge in [-0.15, -0.1) is 0 Å². The molecule has 2 fully saturated rings. The summed E-state index contributed by atoms with van der Waals surface area (Å²) in [7, 11) is 0. The number of ether oxygens (including phenoxy) is 4. The molecule has 124 valence electrons. The van der Waals surface area contributed by atoms with Gasteiger partial charge in [-0.05, 0) is 12.1 Å². The number of hydrogen-bond acceptors (Lipinski definition) is 7. The topological polar surface area (TPSA) is 84.0 Å². The van der Waals surface area contributed by atoms with Crippen molar-refractivity contribution >= 4 is 11.9 Å². The Hall–Kier alpha value is -1.99. The van der Waals surface area contributed by atoms with E-state index in [1.807, 2.05) is 0 Å². The SMILES string of the molecule is CC(C)C(=O)O[C@H]1CO[C@H]2[C@@H]1OC[C@H]2OC(=O)c1cccnc1. The van der Waals surface area contributed by atoms with E-state index in [4.69, 9.17) is 18.9 Å². The molecule has 0 aromatic carbocycles. The summed E-state index contributed by atoms with van der Waals surface area (Å²) in [5.41, 5.74) is 0.372. The van der Waals surface area contributed by atoms with Gasteiger partial charge < -0.3 is 18.9 Å². The van der Waals surface area contributed by atoms with E-state index < -0.39 is 30.4 Å². The molecule has 0 unspecified atom stereocenters. The highest BCUT2D eigenvalue weighted by Crippen LogP contribution is 2.31. The minimum Gasteiger partial charge on any atom is -0.457 e. The summed E-state index contributed by atoms with van der Waals surface area (Å²) in [4.78, 5) is 27.7. The Labute approximate surface area is 133 Å². The van der Waals surface area contributed by atoms with Crippen LogP contribution < -0.4 is 0 Å². The highest BCUT2D eigenvalue weighted by Gasteiger charge is 2.51. The van der Waals surface area contributed by atoms with Crippen LogP contribution in [0.3, 0.4) is 0 Å². The van der Waals surface area contributed by atoms with E-state index in [0.717, 1.165) is 0 Å². The van der Waals surface area contributed by atoms with E-state index in [2.05, 4.69) is 4.98 Å². The summed E-state index contributed by atoms with van der Waals surface area (Å²) in [6.07, 6.45) is 1.23. The zero-order chi connectivity index (χ0) is 16.4. The molecule has 1 aromatic heterocycles. The molecular weight excluding hydrogens is 302 g/mol.